The van der Waals surface area contributed by atoms with Crippen molar-refractivity contribution in [2.24, 2.45) is 0 Å². The molecule has 1 aromatic carbocycles. The fraction of sp³-hybridized carbons (Fsp3) is 0.143. The van der Waals surface area contributed by atoms with Crippen molar-refractivity contribution in [2.75, 3.05) is 5.32 Å². The molecular weight excluding hydrogens is 340 g/mol. The first-order valence-corrected chi connectivity index (χ1v) is 7.86. The number of halogens is 1. The second kappa shape index (κ2) is 5.98. The maximum atomic E-state index is 12.1. The molecular formula is C14H11ClN4O3S. The van der Waals surface area contributed by atoms with Crippen LogP contribution in [0.15, 0.2) is 34.4 Å². The number of nitrogens with zero attached hydrogens (tertiary/aromatic N) is 3. The molecule has 2 aromatic heterocycles. The molecule has 0 radical (unpaired) electrons. The fourth-order valence-corrected chi connectivity index (χ4v) is 3.22. The Labute approximate surface area is 139 Å². The molecule has 23 heavy (non-hydrogen) atoms. The Kier molecular flexibility index (Phi) is 4.01. The zero-order valence-electron chi connectivity index (χ0n) is 11.9. The number of hydrogen-bond acceptors (Lipinski definition) is 6. The minimum Gasteiger partial charge on any atom is -0.379 e. The lowest BCUT2D eigenvalue weighted by Crippen LogP contribution is -2.16. The monoisotopic (exact) mass is 350 g/mol. The summed E-state index contributed by atoms with van der Waals surface area (Å²) in [7, 11) is 0. The molecule has 0 aliphatic rings. The summed E-state index contributed by atoms with van der Waals surface area (Å²) >= 11 is 7.16. The van der Waals surface area contributed by atoms with Gasteiger partial charge in [0.05, 0.1) is 17.2 Å². The SMILES string of the molecule is Cc1csc2nc(CNc3ccc(Cl)c([N+](=O)[O-])c3)cc(=O)n12. The van der Waals surface area contributed by atoms with Crippen LogP contribution in [0.5, 0.6) is 0 Å². The van der Waals surface area contributed by atoms with Crippen molar-refractivity contribution in [2.45, 2.75) is 13.5 Å². The average Bonchev–Trinajstić information content (AvgIpc) is 2.88. The van der Waals surface area contributed by atoms with E-state index in [9.17, 15) is 14.9 Å². The highest BCUT2D eigenvalue weighted by Gasteiger charge is 2.13. The van der Waals surface area contributed by atoms with Crippen LogP contribution >= 0.6 is 22.9 Å². The largest absolute Gasteiger partial charge is 0.379 e. The molecule has 0 saturated carbocycles. The summed E-state index contributed by atoms with van der Waals surface area (Å²) in [6.07, 6.45) is 0. The van der Waals surface area contributed by atoms with E-state index in [4.69, 9.17) is 11.6 Å². The minimum atomic E-state index is -0.543. The van der Waals surface area contributed by atoms with Crippen LogP contribution in [-0.4, -0.2) is 14.3 Å². The van der Waals surface area contributed by atoms with Crippen LogP contribution in [0.1, 0.15) is 11.4 Å². The highest BCUT2D eigenvalue weighted by atomic mass is 35.5. The Morgan fingerprint density at radius 1 is 1.43 bits per heavy atom. The summed E-state index contributed by atoms with van der Waals surface area (Å²) in [5.74, 6) is 0. The number of hydrogen-bond donors (Lipinski definition) is 1. The van der Waals surface area contributed by atoms with E-state index < -0.39 is 4.92 Å². The number of aromatic nitrogens is 2. The molecule has 0 fully saturated rings. The van der Waals surface area contributed by atoms with Crippen LogP contribution in [0.4, 0.5) is 11.4 Å². The van der Waals surface area contributed by atoms with Crippen LogP contribution in [0.2, 0.25) is 5.02 Å². The summed E-state index contributed by atoms with van der Waals surface area (Å²) in [5, 5.41) is 15.8. The molecule has 7 nitrogen and oxygen atoms in total. The minimum absolute atomic E-state index is 0.0763. The number of rotatable bonds is 4. The molecule has 0 aliphatic heterocycles. The van der Waals surface area contributed by atoms with E-state index in [1.807, 2.05) is 12.3 Å². The average molecular weight is 351 g/mol. The Balaban J connectivity index is 1.85. The van der Waals surface area contributed by atoms with Crippen molar-refractivity contribution >= 4 is 39.3 Å². The third kappa shape index (κ3) is 3.03. The van der Waals surface area contributed by atoms with Gasteiger partial charge in [-0.3, -0.25) is 19.3 Å². The van der Waals surface area contributed by atoms with Crippen LogP contribution in [-0.2, 0) is 6.54 Å². The number of nitro groups is 1. The first kappa shape index (κ1) is 15.4. The van der Waals surface area contributed by atoms with Crippen LogP contribution in [0.3, 0.4) is 0 Å². The van der Waals surface area contributed by atoms with Gasteiger partial charge in [-0.1, -0.05) is 11.6 Å². The number of anilines is 1. The van der Waals surface area contributed by atoms with Crippen molar-refractivity contribution in [3.8, 4) is 0 Å². The number of thiazole rings is 1. The molecule has 2 heterocycles. The van der Waals surface area contributed by atoms with Gasteiger partial charge in [0.2, 0.25) is 0 Å². The Bertz CT molecular complexity index is 966. The van der Waals surface area contributed by atoms with Gasteiger partial charge in [0.25, 0.3) is 11.2 Å². The Morgan fingerprint density at radius 3 is 2.96 bits per heavy atom. The van der Waals surface area contributed by atoms with Gasteiger partial charge in [0.1, 0.15) is 5.02 Å². The molecule has 0 amide bonds. The van der Waals surface area contributed by atoms with Crippen LogP contribution in [0.25, 0.3) is 4.96 Å². The number of nitrogens with one attached hydrogen (secondary N) is 1. The Hall–Kier alpha value is -2.45. The maximum absolute atomic E-state index is 12.1. The number of benzene rings is 1. The lowest BCUT2D eigenvalue weighted by molar-refractivity contribution is -0.384. The van der Waals surface area contributed by atoms with Gasteiger partial charge < -0.3 is 5.32 Å². The molecule has 0 unspecified atom stereocenters. The highest BCUT2D eigenvalue weighted by molar-refractivity contribution is 7.15. The van der Waals surface area contributed by atoms with Gasteiger partial charge in [-0.05, 0) is 19.1 Å². The number of fused-ring (bicyclic) bond motifs is 1. The Morgan fingerprint density at radius 2 is 2.22 bits per heavy atom. The number of nitro benzene ring substituents is 1. The molecule has 3 rings (SSSR count). The molecule has 0 saturated heterocycles. The molecule has 118 valence electrons. The summed E-state index contributed by atoms with van der Waals surface area (Å²) in [4.78, 5) is 27.4. The van der Waals surface area contributed by atoms with Crippen molar-refractivity contribution in [3.63, 3.8) is 0 Å². The maximum Gasteiger partial charge on any atom is 0.289 e. The fourth-order valence-electron chi connectivity index (χ4n) is 2.15. The predicted octanol–water partition coefficient (Wildman–Crippen LogP) is 3.24. The molecule has 0 spiro atoms. The standard InChI is InChI=1S/C14H11ClN4O3S/c1-8-7-23-14-17-10(5-13(20)18(8)14)6-16-9-2-3-11(15)12(4-9)19(21)22/h2-5,7,16H,6H2,1H3. The highest BCUT2D eigenvalue weighted by Crippen LogP contribution is 2.27. The van der Waals surface area contributed by atoms with E-state index in [0.717, 1.165) is 5.69 Å². The van der Waals surface area contributed by atoms with Gasteiger partial charge in [0.15, 0.2) is 4.96 Å². The summed E-state index contributed by atoms with van der Waals surface area (Å²) in [6.45, 7) is 2.12. The van der Waals surface area contributed by atoms with Crippen molar-refractivity contribution in [1.29, 1.82) is 0 Å². The van der Waals surface area contributed by atoms with Gasteiger partial charge in [-0.2, -0.15) is 0 Å². The molecule has 1 N–H and O–H groups in total. The first-order valence-electron chi connectivity index (χ1n) is 6.60. The topological polar surface area (TPSA) is 89.5 Å². The summed E-state index contributed by atoms with van der Waals surface area (Å²) in [5.41, 5.74) is 1.62. The smallest absolute Gasteiger partial charge is 0.289 e. The van der Waals surface area contributed by atoms with Crippen LogP contribution < -0.4 is 10.9 Å². The van der Waals surface area contributed by atoms with Gasteiger partial charge >= 0.3 is 0 Å². The van der Waals surface area contributed by atoms with Crippen LogP contribution in [0, 0.1) is 17.0 Å². The normalized spacial score (nSPS) is 10.9. The lowest BCUT2D eigenvalue weighted by atomic mass is 10.2. The molecule has 9 heteroatoms. The zero-order valence-corrected chi connectivity index (χ0v) is 13.5. The van der Waals surface area contributed by atoms with E-state index in [0.29, 0.717) is 16.3 Å². The third-order valence-corrected chi connectivity index (χ3v) is 4.51. The van der Waals surface area contributed by atoms with Gasteiger partial charge in [-0.25, -0.2) is 4.98 Å². The predicted molar refractivity (Wildman–Crippen MR) is 89.5 cm³/mol. The second-order valence-electron chi connectivity index (χ2n) is 4.86. The van der Waals surface area contributed by atoms with E-state index in [1.54, 1.807) is 10.5 Å². The van der Waals surface area contributed by atoms with Crippen molar-refractivity contribution in [1.82, 2.24) is 9.38 Å². The number of aryl methyl sites for hydroxylation is 1. The molecule has 0 aliphatic carbocycles. The lowest BCUT2D eigenvalue weighted by Gasteiger charge is -2.06. The summed E-state index contributed by atoms with van der Waals surface area (Å²) in [6, 6.07) is 5.89. The van der Waals surface area contributed by atoms with Crippen molar-refractivity contribution in [3.05, 3.63) is 66.5 Å². The quantitative estimate of drug-likeness (QED) is 0.576. The summed E-state index contributed by atoms with van der Waals surface area (Å²) < 4.78 is 1.54. The first-order chi connectivity index (χ1) is 11.0. The van der Waals surface area contributed by atoms with E-state index in [2.05, 4.69) is 10.3 Å². The molecule has 3 aromatic rings. The van der Waals surface area contributed by atoms with E-state index >= 15 is 0 Å². The second-order valence-corrected chi connectivity index (χ2v) is 6.10. The van der Waals surface area contributed by atoms with E-state index in [-0.39, 0.29) is 22.8 Å². The molecule has 0 bridgehead atoms. The van der Waals surface area contributed by atoms with Gasteiger partial charge in [-0.15, -0.1) is 11.3 Å². The van der Waals surface area contributed by atoms with Gasteiger partial charge in [0, 0.05) is 28.9 Å². The zero-order chi connectivity index (χ0) is 16.6. The third-order valence-electron chi connectivity index (χ3n) is 3.25. The van der Waals surface area contributed by atoms with Crippen molar-refractivity contribution < 1.29 is 4.92 Å². The molecule has 0 atom stereocenters. The van der Waals surface area contributed by atoms with E-state index in [1.165, 1.54) is 29.5 Å².